The lowest BCUT2D eigenvalue weighted by molar-refractivity contribution is -0.138. The highest BCUT2D eigenvalue weighted by atomic mass is 32.2. The molecule has 1 aliphatic heterocycles. The molecule has 1 saturated heterocycles. The van der Waals surface area contributed by atoms with E-state index in [9.17, 15) is 4.79 Å². The first-order valence-electron chi connectivity index (χ1n) is 4.19. The Labute approximate surface area is 89.7 Å². The highest BCUT2D eigenvalue weighted by Gasteiger charge is 2.31. The van der Waals surface area contributed by atoms with E-state index in [4.69, 9.17) is 5.11 Å². The van der Waals surface area contributed by atoms with E-state index in [0.29, 0.717) is 5.75 Å². The van der Waals surface area contributed by atoms with Crippen LogP contribution in [0.3, 0.4) is 0 Å². The standard InChI is InChI=1S/C8H10N2O2S2/c1-4-9-2-6(14-4)7-10-5(3-13-7)8(11)12/h2,5,7,10H,3H2,1H3,(H,11,12)/t5-,7?/m1/s1. The predicted molar refractivity (Wildman–Crippen MR) is 56.6 cm³/mol. The van der Waals surface area contributed by atoms with Crippen molar-refractivity contribution in [2.75, 3.05) is 5.75 Å². The van der Waals surface area contributed by atoms with Gasteiger partial charge in [-0.25, -0.2) is 4.98 Å². The van der Waals surface area contributed by atoms with Gasteiger partial charge < -0.3 is 5.11 Å². The van der Waals surface area contributed by atoms with E-state index in [1.54, 1.807) is 23.1 Å². The van der Waals surface area contributed by atoms with Gasteiger partial charge in [0, 0.05) is 11.9 Å². The quantitative estimate of drug-likeness (QED) is 0.800. The number of nitrogens with zero attached hydrogens (tertiary/aromatic N) is 1. The van der Waals surface area contributed by atoms with Crippen molar-refractivity contribution in [3.05, 3.63) is 16.1 Å². The molecular formula is C8H10N2O2S2. The van der Waals surface area contributed by atoms with Crippen molar-refractivity contribution in [3.8, 4) is 0 Å². The number of aromatic nitrogens is 1. The molecular weight excluding hydrogens is 220 g/mol. The minimum atomic E-state index is -0.777. The SMILES string of the molecule is Cc1ncc(C2N[C@@H](C(=O)O)CS2)s1. The van der Waals surface area contributed by atoms with Gasteiger partial charge >= 0.3 is 5.97 Å². The maximum atomic E-state index is 10.7. The summed E-state index contributed by atoms with van der Waals surface area (Å²) in [5.41, 5.74) is 0. The van der Waals surface area contributed by atoms with Gasteiger partial charge in [0.2, 0.25) is 0 Å². The zero-order valence-corrected chi connectivity index (χ0v) is 9.19. The molecule has 6 heteroatoms. The first kappa shape index (κ1) is 9.95. The topological polar surface area (TPSA) is 62.2 Å². The molecule has 4 nitrogen and oxygen atoms in total. The van der Waals surface area contributed by atoms with Gasteiger partial charge in [-0.1, -0.05) is 0 Å². The van der Waals surface area contributed by atoms with Crippen LogP contribution in [0, 0.1) is 6.92 Å². The van der Waals surface area contributed by atoms with Crippen LogP contribution >= 0.6 is 23.1 Å². The third-order valence-corrected chi connectivity index (χ3v) is 4.35. The number of hydrogen-bond acceptors (Lipinski definition) is 5. The maximum Gasteiger partial charge on any atom is 0.321 e. The molecule has 1 aliphatic rings. The normalized spacial score (nSPS) is 26.6. The van der Waals surface area contributed by atoms with Crippen molar-refractivity contribution in [1.82, 2.24) is 10.3 Å². The number of hydrogen-bond donors (Lipinski definition) is 2. The fraction of sp³-hybridized carbons (Fsp3) is 0.500. The number of thiazole rings is 1. The summed E-state index contributed by atoms with van der Waals surface area (Å²) in [4.78, 5) is 16.0. The molecule has 0 aromatic carbocycles. The van der Waals surface area contributed by atoms with Crippen LogP contribution in [-0.4, -0.2) is 27.9 Å². The van der Waals surface area contributed by atoms with E-state index in [0.717, 1.165) is 9.88 Å². The number of carbonyl (C=O) groups is 1. The Kier molecular flexibility index (Phi) is 2.76. The summed E-state index contributed by atoms with van der Waals surface area (Å²) in [7, 11) is 0. The molecule has 0 spiro atoms. The molecule has 0 bridgehead atoms. The number of aryl methyl sites for hydroxylation is 1. The van der Waals surface area contributed by atoms with E-state index >= 15 is 0 Å². The predicted octanol–water partition coefficient (Wildman–Crippen LogP) is 1.24. The molecule has 1 aromatic heterocycles. The molecule has 0 radical (unpaired) electrons. The highest BCUT2D eigenvalue weighted by Crippen LogP contribution is 2.35. The van der Waals surface area contributed by atoms with E-state index < -0.39 is 12.0 Å². The van der Waals surface area contributed by atoms with Crippen LogP contribution in [0.4, 0.5) is 0 Å². The molecule has 1 fully saturated rings. The monoisotopic (exact) mass is 230 g/mol. The van der Waals surface area contributed by atoms with Gasteiger partial charge in [-0.3, -0.25) is 10.1 Å². The number of thioether (sulfide) groups is 1. The number of carboxylic acids is 1. The fourth-order valence-electron chi connectivity index (χ4n) is 1.28. The minimum Gasteiger partial charge on any atom is -0.480 e. The van der Waals surface area contributed by atoms with Crippen molar-refractivity contribution in [1.29, 1.82) is 0 Å². The molecule has 2 rings (SSSR count). The summed E-state index contributed by atoms with van der Waals surface area (Å²) >= 11 is 3.24. The van der Waals surface area contributed by atoms with E-state index in [2.05, 4.69) is 10.3 Å². The molecule has 0 saturated carbocycles. The highest BCUT2D eigenvalue weighted by molar-refractivity contribution is 7.99. The summed E-state index contributed by atoms with van der Waals surface area (Å²) in [6.45, 7) is 1.95. The number of nitrogens with one attached hydrogen (secondary N) is 1. The van der Waals surface area contributed by atoms with Crippen molar-refractivity contribution < 1.29 is 9.90 Å². The largest absolute Gasteiger partial charge is 0.480 e. The Balaban J connectivity index is 2.05. The van der Waals surface area contributed by atoms with E-state index in [1.165, 1.54) is 0 Å². The third-order valence-electron chi connectivity index (χ3n) is 1.98. The molecule has 14 heavy (non-hydrogen) atoms. The first-order valence-corrected chi connectivity index (χ1v) is 6.06. The Morgan fingerprint density at radius 3 is 3.07 bits per heavy atom. The fourth-order valence-corrected chi connectivity index (χ4v) is 3.46. The van der Waals surface area contributed by atoms with Gasteiger partial charge in [-0.2, -0.15) is 0 Å². The van der Waals surface area contributed by atoms with Crippen LogP contribution in [0.2, 0.25) is 0 Å². The summed E-state index contributed by atoms with van der Waals surface area (Å²) in [6, 6.07) is -0.424. The van der Waals surface area contributed by atoms with Crippen molar-refractivity contribution in [2.45, 2.75) is 18.3 Å². The van der Waals surface area contributed by atoms with E-state index in [-0.39, 0.29) is 5.37 Å². The number of rotatable bonds is 2. The first-order chi connectivity index (χ1) is 6.66. The summed E-state index contributed by atoms with van der Waals surface area (Å²) < 4.78 is 0. The van der Waals surface area contributed by atoms with Crippen LogP contribution in [0.5, 0.6) is 0 Å². The zero-order chi connectivity index (χ0) is 10.1. The molecule has 0 amide bonds. The Morgan fingerprint density at radius 2 is 2.57 bits per heavy atom. The molecule has 76 valence electrons. The molecule has 2 heterocycles. The van der Waals surface area contributed by atoms with Gasteiger partial charge in [-0.05, 0) is 6.92 Å². The van der Waals surface area contributed by atoms with Crippen LogP contribution < -0.4 is 5.32 Å². The average molecular weight is 230 g/mol. The molecule has 2 atom stereocenters. The molecule has 1 aromatic rings. The Morgan fingerprint density at radius 1 is 1.79 bits per heavy atom. The van der Waals surface area contributed by atoms with Crippen molar-refractivity contribution in [3.63, 3.8) is 0 Å². The summed E-state index contributed by atoms with van der Waals surface area (Å²) in [6.07, 6.45) is 1.81. The van der Waals surface area contributed by atoms with Gasteiger partial charge in [0.05, 0.1) is 15.3 Å². The lowest BCUT2D eigenvalue weighted by Crippen LogP contribution is -2.33. The summed E-state index contributed by atoms with van der Waals surface area (Å²) in [5, 5.41) is 13.0. The van der Waals surface area contributed by atoms with Crippen LogP contribution in [0.15, 0.2) is 6.20 Å². The lowest BCUT2D eigenvalue weighted by atomic mass is 10.3. The third kappa shape index (κ3) is 1.92. The van der Waals surface area contributed by atoms with Crippen molar-refractivity contribution >= 4 is 29.1 Å². The van der Waals surface area contributed by atoms with E-state index in [1.807, 2.05) is 13.1 Å². The second-order valence-corrected chi connectivity index (χ2v) is 5.46. The number of aliphatic carboxylic acids is 1. The van der Waals surface area contributed by atoms with Gasteiger partial charge in [0.15, 0.2) is 0 Å². The Hall–Kier alpha value is -0.590. The Bertz CT molecular complexity index is 353. The summed E-state index contributed by atoms with van der Waals surface area (Å²) in [5.74, 6) is -0.155. The van der Waals surface area contributed by atoms with Crippen molar-refractivity contribution in [2.24, 2.45) is 0 Å². The minimum absolute atomic E-state index is 0.0994. The van der Waals surface area contributed by atoms with Gasteiger partial charge in [-0.15, -0.1) is 23.1 Å². The smallest absolute Gasteiger partial charge is 0.321 e. The second kappa shape index (κ2) is 3.88. The van der Waals surface area contributed by atoms with Crippen LogP contribution in [-0.2, 0) is 4.79 Å². The van der Waals surface area contributed by atoms with Crippen LogP contribution in [0.25, 0.3) is 0 Å². The number of carboxylic acid groups (broad SMARTS) is 1. The maximum absolute atomic E-state index is 10.7. The molecule has 2 N–H and O–H groups in total. The second-order valence-electron chi connectivity index (χ2n) is 3.05. The molecule has 0 aliphatic carbocycles. The zero-order valence-electron chi connectivity index (χ0n) is 7.56. The van der Waals surface area contributed by atoms with Gasteiger partial charge in [0.1, 0.15) is 6.04 Å². The molecule has 1 unspecified atom stereocenters. The lowest BCUT2D eigenvalue weighted by Gasteiger charge is -2.07. The van der Waals surface area contributed by atoms with Crippen LogP contribution in [0.1, 0.15) is 15.3 Å². The average Bonchev–Trinajstić information content (AvgIpc) is 2.70. The van der Waals surface area contributed by atoms with Gasteiger partial charge in [0.25, 0.3) is 0 Å².